The first-order valence-electron chi connectivity index (χ1n) is 11.8. The molecule has 0 radical (unpaired) electrons. The molecule has 1 amide bonds. The van der Waals surface area contributed by atoms with Gasteiger partial charge < -0.3 is 25.4 Å². The molecular formula is C21H32N6O9S. The van der Waals surface area contributed by atoms with Crippen LogP contribution >= 0.6 is 0 Å². The second-order valence-electron chi connectivity index (χ2n) is 8.59. The number of amides is 1. The molecule has 4 atom stereocenters. The van der Waals surface area contributed by atoms with E-state index in [2.05, 4.69) is 19.7 Å². The van der Waals surface area contributed by atoms with Crippen LogP contribution in [0.2, 0.25) is 0 Å². The highest BCUT2D eigenvalue weighted by Crippen LogP contribution is 2.32. The van der Waals surface area contributed by atoms with E-state index in [1.807, 2.05) is 4.72 Å². The van der Waals surface area contributed by atoms with Crippen LogP contribution in [-0.2, 0) is 33.6 Å². The van der Waals surface area contributed by atoms with Crippen molar-refractivity contribution in [2.45, 2.75) is 75.9 Å². The number of hydrogen-bond acceptors (Lipinski definition) is 13. The summed E-state index contributed by atoms with van der Waals surface area (Å²) >= 11 is 0. The molecule has 0 spiro atoms. The van der Waals surface area contributed by atoms with Gasteiger partial charge in [0.1, 0.15) is 30.2 Å². The molecular weight excluding hydrogens is 512 g/mol. The summed E-state index contributed by atoms with van der Waals surface area (Å²) in [7, 11) is -3.11. The van der Waals surface area contributed by atoms with Gasteiger partial charge in [0.25, 0.3) is 0 Å². The van der Waals surface area contributed by atoms with Crippen LogP contribution in [-0.4, -0.2) is 82.1 Å². The number of esters is 1. The van der Waals surface area contributed by atoms with Crippen molar-refractivity contribution in [1.29, 1.82) is 0 Å². The van der Waals surface area contributed by atoms with Crippen LogP contribution in [0, 0.1) is 0 Å². The molecule has 37 heavy (non-hydrogen) atoms. The monoisotopic (exact) mass is 544 g/mol. The number of unbranched alkanes of at least 4 members (excludes halogenated alkanes) is 5. The third-order valence-corrected chi connectivity index (χ3v) is 6.81. The zero-order valence-corrected chi connectivity index (χ0v) is 21.2. The average Bonchev–Trinajstić information content (AvgIpc) is 3.41. The lowest BCUT2D eigenvalue weighted by Gasteiger charge is -2.16. The smallest absolute Gasteiger partial charge is 0.362 e. The highest BCUT2D eigenvalue weighted by molar-refractivity contribution is 7.85. The van der Waals surface area contributed by atoms with E-state index >= 15 is 0 Å². The van der Waals surface area contributed by atoms with Gasteiger partial charge in [-0.15, -0.1) is 0 Å². The molecule has 2 aromatic heterocycles. The Balaban J connectivity index is 1.40. The van der Waals surface area contributed by atoms with Crippen LogP contribution in [0.3, 0.4) is 0 Å². The summed E-state index contributed by atoms with van der Waals surface area (Å²) in [5, 5.41) is 20.8. The molecule has 3 rings (SSSR count). The number of nitrogen functional groups attached to an aromatic ring is 1. The van der Waals surface area contributed by atoms with Crippen molar-refractivity contribution in [1.82, 2.24) is 24.2 Å². The first kappa shape index (κ1) is 28.6. The molecule has 15 nitrogen and oxygen atoms in total. The number of aliphatic hydroxyl groups excluding tert-OH is 2. The SMILES string of the molecule is COC(=O)CCCCCCCCC(=O)NS(=O)(=O)OC[C@H]1O[C@@H](n2cnc3c(N)ncnc32)[C@H](O)[C@@H]1O. The molecule has 1 saturated heterocycles. The van der Waals surface area contributed by atoms with E-state index < -0.39 is 47.4 Å². The Labute approximate surface area is 213 Å². The van der Waals surface area contributed by atoms with E-state index in [1.54, 1.807) is 0 Å². The van der Waals surface area contributed by atoms with Gasteiger partial charge in [0.15, 0.2) is 17.7 Å². The minimum atomic E-state index is -4.46. The number of rotatable bonds is 14. The number of nitrogens with zero attached hydrogens (tertiary/aromatic N) is 4. The molecule has 3 heterocycles. The Hall–Kier alpha value is -2.92. The van der Waals surface area contributed by atoms with Gasteiger partial charge in [-0.05, 0) is 12.8 Å². The topological polar surface area (TPSA) is 218 Å². The summed E-state index contributed by atoms with van der Waals surface area (Å²) < 4.78 is 42.5. The Kier molecular flexibility index (Phi) is 10.1. The Morgan fingerprint density at radius 1 is 1.08 bits per heavy atom. The Morgan fingerprint density at radius 2 is 1.76 bits per heavy atom. The number of nitrogens with two attached hydrogens (primary N) is 1. The summed E-state index contributed by atoms with van der Waals surface area (Å²) in [4.78, 5) is 35.0. The van der Waals surface area contributed by atoms with E-state index in [1.165, 1.54) is 24.3 Å². The summed E-state index contributed by atoms with van der Waals surface area (Å²) in [5.41, 5.74) is 6.28. The normalized spacial score (nSPS) is 21.8. The van der Waals surface area contributed by atoms with Crippen LogP contribution in [0.15, 0.2) is 12.7 Å². The fourth-order valence-electron chi connectivity index (χ4n) is 3.89. The maximum absolute atomic E-state index is 12.2. The Bertz CT molecular complexity index is 1170. The van der Waals surface area contributed by atoms with Crippen LogP contribution in [0.5, 0.6) is 0 Å². The number of fused-ring (bicyclic) bond motifs is 1. The second-order valence-corrected chi connectivity index (χ2v) is 9.94. The maximum Gasteiger partial charge on any atom is 0.362 e. The average molecular weight is 545 g/mol. The van der Waals surface area contributed by atoms with Crippen LogP contribution in [0.1, 0.15) is 57.6 Å². The number of hydrogen-bond donors (Lipinski definition) is 4. The summed E-state index contributed by atoms with van der Waals surface area (Å²) in [6, 6.07) is 0. The maximum atomic E-state index is 12.2. The molecule has 0 unspecified atom stereocenters. The molecule has 0 saturated carbocycles. The van der Waals surface area contributed by atoms with Crippen molar-refractivity contribution in [2.24, 2.45) is 0 Å². The summed E-state index contributed by atoms with van der Waals surface area (Å²) in [6.07, 6.45) is 2.16. The molecule has 16 heteroatoms. The van der Waals surface area contributed by atoms with Crippen LogP contribution < -0.4 is 10.5 Å². The van der Waals surface area contributed by atoms with Crippen molar-refractivity contribution in [3.8, 4) is 0 Å². The molecule has 1 fully saturated rings. The lowest BCUT2D eigenvalue weighted by atomic mass is 10.1. The molecule has 1 aliphatic heterocycles. The molecule has 2 aromatic rings. The number of imidazole rings is 1. The van der Waals surface area contributed by atoms with E-state index in [9.17, 15) is 28.2 Å². The zero-order valence-electron chi connectivity index (χ0n) is 20.4. The second kappa shape index (κ2) is 13.0. The molecule has 0 aromatic carbocycles. The fraction of sp³-hybridized carbons (Fsp3) is 0.667. The Morgan fingerprint density at radius 3 is 2.46 bits per heavy atom. The van der Waals surface area contributed by atoms with Gasteiger partial charge in [0, 0.05) is 12.8 Å². The lowest BCUT2D eigenvalue weighted by Crippen LogP contribution is -2.37. The van der Waals surface area contributed by atoms with Crippen molar-refractivity contribution in [3.63, 3.8) is 0 Å². The largest absolute Gasteiger partial charge is 0.469 e. The summed E-state index contributed by atoms with van der Waals surface area (Å²) in [6.45, 7) is -0.646. The van der Waals surface area contributed by atoms with Gasteiger partial charge in [-0.1, -0.05) is 25.7 Å². The molecule has 0 aliphatic carbocycles. The number of carbonyl (C=O) groups is 2. The van der Waals surface area contributed by atoms with Gasteiger partial charge in [0.05, 0.1) is 20.0 Å². The highest BCUT2D eigenvalue weighted by atomic mass is 32.2. The standard InChI is InChI=1S/C21H32N6O9S/c1-34-15(29)9-7-5-3-2-4-6-8-14(28)26-37(32,33)35-10-13-17(30)18(31)21(36-13)27-12-25-16-19(22)23-11-24-20(16)27/h11-13,17-18,21,30-31H,2-10H2,1H3,(H,26,28)(H2,22,23,24)/t13-,17-,18-,21-/m1/s1. The number of aromatic nitrogens is 4. The number of anilines is 1. The van der Waals surface area contributed by atoms with Gasteiger partial charge in [-0.2, -0.15) is 8.42 Å². The van der Waals surface area contributed by atoms with Crippen molar-refractivity contribution in [2.75, 3.05) is 19.5 Å². The van der Waals surface area contributed by atoms with Gasteiger partial charge in [0.2, 0.25) is 5.91 Å². The number of methoxy groups -OCH3 is 1. The lowest BCUT2D eigenvalue weighted by molar-refractivity contribution is -0.140. The van der Waals surface area contributed by atoms with Crippen LogP contribution in [0.4, 0.5) is 5.82 Å². The predicted octanol–water partition coefficient (Wildman–Crippen LogP) is -0.301. The first-order chi connectivity index (χ1) is 17.6. The fourth-order valence-corrected chi connectivity index (χ4v) is 4.65. The van der Waals surface area contributed by atoms with E-state index in [4.69, 9.17) is 14.7 Å². The first-order valence-corrected chi connectivity index (χ1v) is 13.2. The number of ether oxygens (including phenoxy) is 2. The molecule has 1 aliphatic rings. The van der Waals surface area contributed by atoms with E-state index in [0.717, 1.165) is 32.1 Å². The number of aliphatic hydroxyl groups is 2. The number of carbonyl (C=O) groups excluding carboxylic acids is 2. The van der Waals surface area contributed by atoms with Crippen molar-refractivity contribution < 1.29 is 41.9 Å². The van der Waals surface area contributed by atoms with Crippen molar-refractivity contribution in [3.05, 3.63) is 12.7 Å². The molecule has 206 valence electrons. The van der Waals surface area contributed by atoms with E-state index in [0.29, 0.717) is 12.8 Å². The minimum Gasteiger partial charge on any atom is -0.469 e. The van der Waals surface area contributed by atoms with Gasteiger partial charge >= 0.3 is 16.3 Å². The quantitative estimate of drug-likeness (QED) is 0.177. The molecule has 0 bridgehead atoms. The number of nitrogens with one attached hydrogen (secondary N) is 1. The minimum absolute atomic E-state index is 0.00716. The zero-order chi connectivity index (χ0) is 27.0. The third-order valence-electron chi connectivity index (χ3n) is 5.89. The van der Waals surface area contributed by atoms with E-state index in [-0.39, 0.29) is 29.4 Å². The van der Waals surface area contributed by atoms with Crippen molar-refractivity contribution >= 4 is 39.2 Å². The third kappa shape index (κ3) is 7.78. The predicted molar refractivity (Wildman–Crippen MR) is 128 cm³/mol. The molecule has 5 N–H and O–H groups in total. The highest BCUT2D eigenvalue weighted by Gasteiger charge is 2.45. The van der Waals surface area contributed by atoms with Gasteiger partial charge in [-0.3, -0.25) is 18.3 Å². The van der Waals surface area contributed by atoms with Gasteiger partial charge in [-0.25, -0.2) is 19.7 Å². The summed E-state index contributed by atoms with van der Waals surface area (Å²) in [5.74, 6) is -0.842. The van der Waals surface area contributed by atoms with Crippen LogP contribution in [0.25, 0.3) is 11.2 Å².